The van der Waals surface area contributed by atoms with Gasteiger partial charge >= 0.3 is 0 Å². The third-order valence-corrected chi connectivity index (χ3v) is 3.96. The monoisotopic (exact) mass is 212 g/mol. The van der Waals surface area contributed by atoms with Gasteiger partial charge in [0.05, 0.1) is 0 Å². The Morgan fingerprint density at radius 3 is 2.60 bits per heavy atom. The predicted octanol–water partition coefficient (Wildman–Crippen LogP) is 1.08. The molecule has 0 aromatic carbocycles. The predicted molar refractivity (Wildman–Crippen MR) is 61.7 cm³/mol. The SMILES string of the molecule is CC1CC(CN)CN1CC1CCOCC1. The second-order valence-corrected chi connectivity index (χ2v) is 5.20. The minimum atomic E-state index is 0.736. The van der Waals surface area contributed by atoms with Gasteiger partial charge < -0.3 is 15.4 Å². The van der Waals surface area contributed by atoms with Gasteiger partial charge in [-0.15, -0.1) is 0 Å². The summed E-state index contributed by atoms with van der Waals surface area (Å²) in [5.41, 5.74) is 5.74. The first-order valence-corrected chi connectivity index (χ1v) is 6.31. The number of hydrogen-bond acceptors (Lipinski definition) is 3. The zero-order valence-corrected chi connectivity index (χ0v) is 9.82. The van der Waals surface area contributed by atoms with Gasteiger partial charge in [-0.05, 0) is 44.6 Å². The minimum absolute atomic E-state index is 0.736. The molecule has 2 unspecified atom stereocenters. The van der Waals surface area contributed by atoms with Crippen LogP contribution in [0.1, 0.15) is 26.2 Å². The highest BCUT2D eigenvalue weighted by Gasteiger charge is 2.29. The minimum Gasteiger partial charge on any atom is -0.381 e. The summed E-state index contributed by atoms with van der Waals surface area (Å²) in [6.45, 7) is 7.61. The molecule has 2 saturated heterocycles. The Morgan fingerprint density at radius 2 is 2.00 bits per heavy atom. The molecule has 0 bridgehead atoms. The Hall–Kier alpha value is -0.120. The molecule has 0 aromatic heterocycles. The van der Waals surface area contributed by atoms with Crippen LogP contribution in [0.3, 0.4) is 0 Å². The summed E-state index contributed by atoms with van der Waals surface area (Å²) >= 11 is 0. The molecule has 0 aromatic rings. The van der Waals surface area contributed by atoms with Crippen LogP contribution in [0.5, 0.6) is 0 Å². The molecule has 0 spiro atoms. The molecule has 15 heavy (non-hydrogen) atoms. The van der Waals surface area contributed by atoms with E-state index in [2.05, 4.69) is 11.8 Å². The van der Waals surface area contributed by atoms with Gasteiger partial charge in [0.15, 0.2) is 0 Å². The van der Waals surface area contributed by atoms with Gasteiger partial charge in [0.25, 0.3) is 0 Å². The van der Waals surface area contributed by atoms with E-state index in [4.69, 9.17) is 10.5 Å². The lowest BCUT2D eigenvalue weighted by molar-refractivity contribution is 0.0513. The van der Waals surface area contributed by atoms with E-state index in [0.717, 1.165) is 37.6 Å². The summed E-state index contributed by atoms with van der Waals surface area (Å²) in [4.78, 5) is 2.63. The number of rotatable bonds is 3. The number of hydrogen-bond donors (Lipinski definition) is 1. The summed E-state index contributed by atoms with van der Waals surface area (Å²) in [6, 6.07) is 0.737. The van der Waals surface area contributed by atoms with Gasteiger partial charge in [-0.3, -0.25) is 0 Å². The normalized spacial score (nSPS) is 34.8. The standard InChI is InChI=1S/C12H24N2O/c1-10-6-12(7-13)9-14(10)8-11-2-4-15-5-3-11/h10-12H,2-9,13H2,1H3. The van der Waals surface area contributed by atoms with Crippen molar-refractivity contribution < 1.29 is 4.74 Å². The maximum atomic E-state index is 5.74. The van der Waals surface area contributed by atoms with Crippen LogP contribution < -0.4 is 5.73 Å². The molecule has 88 valence electrons. The summed E-state index contributed by atoms with van der Waals surface area (Å²) in [5.74, 6) is 1.59. The number of likely N-dealkylation sites (tertiary alicyclic amines) is 1. The van der Waals surface area contributed by atoms with Crippen LogP contribution in [-0.2, 0) is 4.74 Å². The molecule has 2 aliphatic heterocycles. The summed E-state index contributed by atoms with van der Waals surface area (Å²) < 4.78 is 5.39. The molecule has 0 amide bonds. The molecular formula is C12H24N2O. The lowest BCUT2D eigenvalue weighted by atomic mass is 9.99. The summed E-state index contributed by atoms with van der Waals surface area (Å²) in [5, 5.41) is 0. The largest absolute Gasteiger partial charge is 0.381 e. The Balaban J connectivity index is 1.78. The van der Waals surface area contributed by atoms with E-state index in [9.17, 15) is 0 Å². The van der Waals surface area contributed by atoms with Gasteiger partial charge in [-0.1, -0.05) is 0 Å². The molecule has 2 heterocycles. The van der Waals surface area contributed by atoms with Gasteiger partial charge in [0, 0.05) is 32.3 Å². The third-order valence-electron chi connectivity index (χ3n) is 3.96. The first kappa shape index (κ1) is 11.4. The summed E-state index contributed by atoms with van der Waals surface area (Å²) in [7, 11) is 0. The van der Waals surface area contributed by atoms with Crippen molar-refractivity contribution in [3.05, 3.63) is 0 Å². The third kappa shape index (κ3) is 2.92. The second-order valence-electron chi connectivity index (χ2n) is 5.20. The van der Waals surface area contributed by atoms with E-state index in [0.29, 0.717) is 0 Å². The lowest BCUT2D eigenvalue weighted by Crippen LogP contribution is -2.35. The highest BCUT2D eigenvalue weighted by Crippen LogP contribution is 2.25. The molecule has 2 fully saturated rings. The number of nitrogens with two attached hydrogens (primary N) is 1. The number of ether oxygens (including phenoxy) is 1. The first-order chi connectivity index (χ1) is 7.29. The molecule has 3 heteroatoms. The van der Waals surface area contributed by atoms with Gasteiger partial charge in [-0.25, -0.2) is 0 Å². The van der Waals surface area contributed by atoms with Crippen molar-refractivity contribution in [3.8, 4) is 0 Å². The maximum absolute atomic E-state index is 5.74. The highest BCUT2D eigenvalue weighted by atomic mass is 16.5. The lowest BCUT2D eigenvalue weighted by Gasteiger charge is -2.29. The van der Waals surface area contributed by atoms with E-state index in [-0.39, 0.29) is 0 Å². The average molecular weight is 212 g/mol. The fourth-order valence-electron chi connectivity index (χ4n) is 2.90. The number of nitrogens with zero attached hydrogens (tertiary/aromatic N) is 1. The van der Waals surface area contributed by atoms with Crippen LogP contribution in [0.4, 0.5) is 0 Å². The highest BCUT2D eigenvalue weighted by molar-refractivity contribution is 4.84. The molecular weight excluding hydrogens is 188 g/mol. The zero-order chi connectivity index (χ0) is 10.7. The van der Waals surface area contributed by atoms with E-state index < -0.39 is 0 Å². The summed E-state index contributed by atoms with van der Waals surface area (Å²) in [6.07, 6.45) is 3.78. The molecule has 2 atom stereocenters. The van der Waals surface area contributed by atoms with Gasteiger partial charge in [0.1, 0.15) is 0 Å². The smallest absolute Gasteiger partial charge is 0.0469 e. The zero-order valence-electron chi connectivity index (χ0n) is 9.82. The van der Waals surface area contributed by atoms with Crippen LogP contribution >= 0.6 is 0 Å². The first-order valence-electron chi connectivity index (χ1n) is 6.31. The van der Waals surface area contributed by atoms with Crippen molar-refractivity contribution in [2.45, 2.75) is 32.2 Å². The molecule has 0 saturated carbocycles. The van der Waals surface area contributed by atoms with Gasteiger partial charge in [0.2, 0.25) is 0 Å². The van der Waals surface area contributed by atoms with Crippen LogP contribution in [-0.4, -0.2) is 43.8 Å². The molecule has 2 aliphatic rings. The van der Waals surface area contributed by atoms with Crippen LogP contribution in [0.25, 0.3) is 0 Å². The quantitative estimate of drug-likeness (QED) is 0.761. The topological polar surface area (TPSA) is 38.5 Å². The van der Waals surface area contributed by atoms with E-state index in [1.54, 1.807) is 0 Å². The Morgan fingerprint density at radius 1 is 1.27 bits per heavy atom. The molecule has 2 N–H and O–H groups in total. The van der Waals surface area contributed by atoms with Crippen molar-refractivity contribution in [3.63, 3.8) is 0 Å². The van der Waals surface area contributed by atoms with Crippen LogP contribution in [0, 0.1) is 11.8 Å². The van der Waals surface area contributed by atoms with Crippen molar-refractivity contribution in [1.29, 1.82) is 0 Å². The molecule has 3 nitrogen and oxygen atoms in total. The maximum Gasteiger partial charge on any atom is 0.0469 e. The van der Waals surface area contributed by atoms with E-state index in [1.165, 1.54) is 32.4 Å². The van der Waals surface area contributed by atoms with Crippen molar-refractivity contribution in [2.75, 3.05) is 32.8 Å². The average Bonchev–Trinajstić information content (AvgIpc) is 2.61. The Kier molecular flexibility index (Phi) is 4.00. The molecule has 0 radical (unpaired) electrons. The van der Waals surface area contributed by atoms with Crippen molar-refractivity contribution in [1.82, 2.24) is 4.90 Å². The fourth-order valence-corrected chi connectivity index (χ4v) is 2.90. The van der Waals surface area contributed by atoms with Gasteiger partial charge in [-0.2, -0.15) is 0 Å². The Labute approximate surface area is 93.0 Å². The van der Waals surface area contributed by atoms with E-state index >= 15 is 0 Å². The van der Waals surface area contributed by atoms with Crippen molar-refractivity contribution in [2.24, 2.45) is 17.6 Å². The van der Waals surface area contributed by atoms with Crippen LogP contribution in [0.15, 0.2) is 0 Å². The fraction of sp³-hybridized carbons (Fsp3) is 1.00. The van der Waals surface area contributed by atoms with Crippen LogP contribution in [0.2, 0.25) is 0 Å². The van der Waals surface area contributed by atoms with E-state index in [1.807, 2.05) is 0 Å². The second kappa shape index (κ2) is 5.28. The van der Waals surface area contributed by atoms with Crippen molar-refractivity contribution >= 4 is 0 Å². The Bertz CT molecular complexity index is 192. The molecule has 2 rings (SSSR count). The molecule has 0 aliphatic carbocycles.